The van der Waals surface area contributed by atoms with Crippen molar-refractivity contribution < 1.29 is 28.2 Å². The Labute approximate surface area is 267 Å². The zero-order valence-corrected chi connectivity index (χ0v) is 26.6. The van der Waals surface area contributed by atoms with Gasteiger partial charge in [0.25, 0.3) is 5.56 Å². The first kappa shape index (κ1) is 31.7. The van der Waals surface area contributed by atoms with Gasteiger partial charge in [0.1, 0.15) is 29.4 Å². The SMILES string of the molecule is COC(=O)c1cc(F)c(C)c(-c2[nH]c(=O)c(N(c3ccccc3OCCN(C)C(=O)OCc3ccccc3)C3CC3)nc2Br)c1. The minimum atomic E-state index is -0.704. The molecule has 234 valence electrons. The van der Waals surface area contributed by atoms with Gasteiger partial charge >= 0.3 is 12.1 Å². The van der Waals surface area contributed by atoms with Crippen LogP contribution in [-0.2, 0) is 16.1 Å². The number of benzene rings is 3. The Kier molecular flexibility index (Phi) is 9.82. The first-order chi connectivity index (χ1) is 21.7. The number of hydrogen-bond donors (Lipinski definition) is 1. The number of H-pyrrole nitrogens is 1. The van der Waals surface area contributed by atoms with Gasteiger partial charge < -0.3 is 29.0 Å². The number of nitrogens with zero attached hydrogens (tertiary/aromatic N) is 3. The molecule has 0 aliphatic heterocycles. The van der Waals surface area contributed by atoms with Crippen LogP contribution >= 0.6 is 15.9 Å². The van der Waals surface area contributed by atoms with E-state index in [1.807, 2.05) is 53.4 Å². The molecule has 3 aromatic carbocycles. The third-order valence-corrected chi connectivity index (χ3v) is 7.93. The Balaban J connectivity index is 1.35. The summed E-state index contributed by atoms with van der Waals surface area (Å²) in [5, 5.41) is 0. The van der Waals surface area contributed by atoms with Crippen molar-refractivity contribution in [3.63, 3.8) is 0 Å². The molecule has 45 heavy (non-hydrogen) atoms. The number of likely N-dealkylation sites (N-methyl/N-ethyl adjacent to an activating group) is 1. The number of aromatic nitrogens is 2. The van der Waals surface area contributed by atoms with E-state index in [1.54, 1.807) is 20.0 Å². The largest absolute Gasteiger partial charge is 0.490 e. The lowest BCUT2D eigenvalue weighted by atomic mass is 10.0. The Morgan fingerprint density at radius 3 is 2.51 bits per heavy atom. The van der Waals surface area contributed by atoms with Gasteiger partial charge in [0, 0.05) is 18.7 Å². The van der Waals surface area contributed by atoms with Gasteiger partial charge in [-0.25, -0.2) is 19.0 Å². The molecule has 0 saturated heterocycles. The van der Waals surface area contributed by atoms with Crippen molar-refractivity contribution in [3.8, 4) is 17.0 Å². The molecule has 5 rings (SSSR count). The molecule has 4 aromatic rings. The molecule has 1 saturated carbocycles. The van der Waals surface area contributed by atoms with Crippen LogP contribution < -0.4 is 15.2 Å². The molecule has 1 fully saturated rings. The summed E-state index contributed by atoms with van der Waals surface area (Å²) >= 11 is 3.46. The molecular weight excluding hydrogens is 647 g/mol. The van der Waals surface area contributed by atoms with Crippen molar-refractivity contribution in [2.24, 2.45) is 0 Å². The number of methoxy groups -OCH3 is 1. The van der Waals surface area contributed by atoms with E-state index in [0.29, 0.717) is 17.0 Å². The summed E-state index contributed by atoms with van der Waals surface area (Å²) in [5.41, 5.74) is 1.80. The number of nitrogens with one attached hydrogen (secondary N) is 1. The fourth-order valence-electron chi connectivity index (χ4n) is 4.74. The average Bonchev–Trinajstić information content (AvgIpc) is 3.89. The van der Waals surface area contributed by atoms with Gasteiger partial charge in [-0.15, -0.1) is 0 Å². The molecule has 0 atom stereocenters. The number of esters is 1. The quantitative estimate of drug-likeness (QED) is 0.182. The first-order valence-corrected chi connectivity index (χ1v) is 15.1. The van der Waals surface area contributed by atoms with Crippen molar-refractivity contribution in [2.45, 2.75) is 32.4 Å². The molecule has 1 amide bonds. The number of halogens is 2. The number of carbonyl (C=O) groups excluding carboxylic acids is 2. The molecular formula is C33H32BrFN4O6. The van der Waals surface area contributed by atoms with Crippen molar-refractivity contribution in [2.75, 3.05) is 32.2 Å². The third-order valence-electron chi connectivity index (χ3n) is 7.35. The number of aromatic amines is 1. The number of ether oxygens (including phenoxy) is 3. The number of amides is 1. The summed E-state index contributed by atoms with van der Waals surface area (Å²) < 4.78 is 31.3. The van der Waals surface area contributed by atoms with Crippen LogP contribution in [0.1, 0.15) is 34.3 Å². The summed E-state index contributed by atoms with van der Waals surface area (Å²) in [4.78, 5) is 48.9. The van der Waals surface area contributed by atoms with E-state index < -0.39 is 23.4 Å². The predicted octanol–water partition coefficient (Wildman–Crippen LogP) is 6.38. The van der Waals surface area contributed by atoms with Gasteiger partial charge in [0.15, 0.2) is 0 Å². The molecule has 1 heterocycles. The molecule has 0 bridgehead atoms. The highest BCUT2D eigenvalue weighted by molar-refractivity contribution is 9.10. The van der Waals surface area contributed by atoms with E-state index in [2.05, 4.69) is 25.9 Å². The fraction of sp³-hybridized carbons (Fsp3) is 0.273. The molecule has 1 aliphatic carbocycles. The Hall–Kier alpha value is -4.71. The number of hydrogen-bond acceptors (Lipinski definition) is 8. The Bertz CT molecular complexity index is 1760. The highest BCUT2D eigenvalue weighted by atomic mass is 79.9. The average molecular weight is 680 g/mol. The molecule has 1 aromatic heterocycles. The molecule has 1 N–H and O–H groups in total. The van der Waals surface area contributed by atoms with Crippen LogP contribution in [0.3, 0.4) is 0 Å². The lowest BCUT2D eigenvalue weighted by Gasteiger charge is -2.26. The van der Waals surface area contributed by atoms with E-state index >= 15 is 0 Å². The lowest BCUT2D eigenvalue weighted by molar-refractivity contribution is 0.0600. The highest BCUT2D eigenvalue weighted by Crippen LogP contribution is 2.41. The Morgan fingerprint density at radius 1 is 1.09 bits per heavy atom. The minimum absolute atomic E-state index is 0.00760. The second-order valence-electron chi connectivity index (χ2n) is 10.6. The second-order valence-corrected chi connectivity index (χ2v) is 11.3. The minimum Gasteiger partial charge on any atom is -0.490 e. The molecule has 0 radical (unpaired) electrons. The van der Waals surface area contributed by atoms with Crippen LogP contribution in [0.2, 0.25) is 0 Å². The Morgan fingerprint density at radius 2 is 1.80 bits per heavy atom. The molecule has 1 aliphatic rings. The summed E-state index contributed by atoms with van der Waals surface area (Å²) in [6, 6.07) is 19.3. The molecule has 0 spiro atoms. The van der Waals surface area contributed by atoms with Crippen LogP contribution in [-0.4, -0.2) is 60.3 Å². The van der Waals surface area contributed by atoms with E-state index in [9.17, 15) is 18.8 Å². The summed E-state index contributed by atoms with van der Waals surface area (Å²) in [6.07, 6.45) is 1.22. The van der Waals surface area contributed by atoms with Crippen LogP contribution in [0.15, 0.2) is 76.1 Å². The van der Waals surface area contributed by atoms with Gasteiger partial charge in [0.2, 0.25) is 5.82 Å². The van der Waals surface area contributed by atoms with E-state index in [1.165, 1.54) is 18.1 Å². The zero-order chi connectivity index (χ0) is 32.1. The van der Waals surface area contributed by atoms with E-state index in [-0.39, 0.29) is 53.0 Å². The number of anilines is 2. The lowest BCUT2D eigenvalue weighted by Crippen LogP contribution is -2.32. The van der Waals surface area contributed by atoms with Crippen molar-refractivity contribution in [3.05, 3.63) is 104 Å². The topological polar surface area (TPSA) is 114 Å². The van der Waals surface area contributed by atoms with E-state index in [4.69, 9.17) is 14.2 Å². The van der Waals surface area contributed by atoms with Gasteiger partial charge in [-0.05, 0) is 71.1 Å². The summed E-state index contributed by atoms with van der Waals surface area (Å²) in [5.74, 6) is -0.677. The van der Waals surface area contributed by atoms with E-state index in [0.717, 1.165) is 24.5 Å². The number of rotatable bonds is 11. The maximum Gasteiger partial charge on any atom is 0.409 e. The number of para-hydroxylation sites is 2. The highest BCUT2D eigenvalue weighted by Gasteiger charge is 2.35. The second kappa shape index (κ2) is 13.9. The fourth-order valence-corrected chi connectivity index (χ4v) is 5.23. The molecule has 10 nitrogen and oxygen atoms in total. The summed E-state index contributed by atoms with van der Waals surface area (Å²) in [7, 11) is 2.84. The number of carbonyl (C=O) groups is 2. The predicted molar refractivity (Wildman–Crippen MR) is 170 cm³/mol. The third kappa shape index (κ3) is 7.34. The standard InChI is InChI=1S/C33H32BrFN4O6/c1-20-24(17-22(18-25(20)35)32(41)43-3)28-29(34)37-30(31(40)36-28)39(23-13-14-23)26-11-7-8-12-27(26)44-16-15-38(2)33(42)45-19-21-9-5-4-6-10-21/h4-12,17-18,23H,13-16,19H2,1-3H3,(H,36,40). The molecule has 12 heteroatoms. The van der Waals surface area contributed by atoms with Gasteiger partial charge in [-0.1, -0.05) is 42.5 Å². The van der Waals surface area contributed by atoms with Crippen molar-refractivity contribution in [1.82, 2.24) is 14.9 Å². The zero-order valence-electron chi connectivity index (χ0n) is 25.0. The van der Waals surface area contributed by atoms with Crippen molar-refractivity contribution >= 4 is 39.5 Å². The normalized spacial score (nSPS) is 12.4. The van der Waals surface area contributed by atoms with Gasteiger partial charge in [-0.3, -0.25) is 4.79 Å². The summed E-state index contributed by atoms with van der Waals surface area (Å²) in [6.45, 7) is 2.17. The first-order valence-electron chi connectivity index (χ1n) is 14.3. The maximum atomic E-state index is 14.8. The van der Waals surface area contributed by atoms with Crippen LogP contribution in [0, 0.1) is 12.7 Å². The van der Waals surface area contributed by atoms with Gasteiger partial charge in [0.05, 0.1) is 30.6 Å². The maximum absolute atomic E-state index is 14.8. The smallest absolute Gasteiger partial charge is 0.409 e. The molecule has 0 unspecified atom stereocenters. The van der Waals surface area contributed by atoms with Gasteiger partial charge in [-0.2, -0.15) is 0 Å². The van der Waals surface area contributed by atoms with Crippen LogP contribution in [0.5, 0.6) is 5.75 Å². The van der Waals surface area contributed by atoms with Crippen LogP contribution in [0.4, 0.5) is 20.7 Å². The van der Waals surface area contributed by atoms with Crippen molar-refractivity contribution in [1.29, 1.82) is 0 Å². The van der Waals surface area contributed by atoms with Crippen LogP contribution in [0.25, 0.3) is 11.3 Å². The monoisotopic (exact) mass is 678 g/mol.